The maximum Gasteiger partial charge on any atom is 0.229 e. The van der Waals surface area contributed by atoms with Gasteiger partial charge in [0.2, 0.25) is 5.91 Å². The number of carbonyl (C=O) groups is 1. The summed E-state index contributed by atoms with van der Waals surface area (Å²) >= 11 is 1.38. The van der Waals surface area contributed by atoms with Gasteiger partial charge in [-0.3, -0.25) is 4.79 Å². The van der Waals surface area contributed by atoms with E-state index in [1.165, 1.54) is 29.5 Å². The van der Waals surface area contributed by atoms with E-state index in [1.807, 2.05) is 6.92 Å². The van der Waals surface area contributed by atoms with E-state index in [0.29, 0.717) is 17.1 Å². The molecule has 3 nitrogen and oxygen atoms in total. The molecule has 3 aromatic rings. The number of nitrogens with one attached hydrogen (secondary N) is 1. The van der Waals surface area contributed by atoms with E-state index in [4.69, 9.17) is 0 Å². The molecule has 6 heteroatoms. The van der Waals surface area contributed by atoms with E-state index >= 15 is 0 Å². The number of aryl methyl sites for hydroxylation is 1. The van der Waals surface area contributed by atoms with E-state index in [1.54, 1.807) is 30.3 Å². The SMILES string of the molecule is Cc1sc(NC(=O)[C@@H]2C[C@H]2c2ccccc2F)nc1-c1ccc(F)cc1. The molecule has 4 rings (SSSR count). The van der Waals surface area contributed by atoms with Crippen LogP contribution in [0, 0.1) is 24.5 Å². The van der Waals surface area contributed by atoms with Crippen LogP contribution in [0.25, 0.3) is 11.3 Å². The second-order valence-corrected chi connectivity index (χ2v) is 7.59. The Balaban J connectivity index is 1.47. The number of carbonyl (C=O) groups excluding carboxylic acids is 1. The number of anilines is 1. The lowest BCUT2D eigenvalue weighted by Crippen LogP contribution is -2.14. The van der Waals surface area contributed by atoms with Gasteiger partial charge in [-0.15, -0.1) is 11.3 Å². The maximum atomic E-state index is 13.8. The molecule has 26 heavy (non-hydrogen) atoms. The predicted octanol–water partition coefficient (Wildman–Crippen LogP) is 5.14. The molecule has 2 atom stereocenters. The molecule has 0 saturated heterocycles. The van der Waals surface area contributed by atoms with Gasteiger partial charge in [0, 0.05) is 16.4 Å². The molecular formula is C20H16F2N2OS. The average Bonchev–Trinajstić information content (AvgIpc) is 3.33. The van der Waals surface area contributed by atoms with Crippen molar-refractivity contribution < 1.29 is 13.6 Å². The Morgan fingerprint density at radius 3 is 2.62 bits per heavy atom. The monoisotopic (exact) mass is 370 g/mol. The molecule has 0 unspecified atom stereocenters. The summed E-state index contributed by atoms with van der Waals surface area (Å²) in [6.45, 7) is 1.91. The average molecular weight is 370 g/mol. The number of hydrogen-bond donors (Lipinski definition) is 1. The second kappa shape index (κ2) is 6.61. The minimum atomic E-state index is -0.303. The molecule has 2 aromatic carbocycles. The molecule has 1 fully saturated rings. The first-order chi connectivity index (χ1) is 12.5. The van der Waals surface area contributed by atoms with Crippen molar-refractivity contribution in [1.29, 1.82) is 0 Å². The van der Waals surface area contributed by atoms with Crippen LogP contribution >= 0.6 is 11.3 Å². The molecule has 1 aliphatic carbocycles. The number of halogens is 2. The van der Waals surface area contributed by atoms with Crippen LogP contribution in [0.4, 0.5) is 13.9 Å². The Morgan fingerprint density at radius 1 is 1.15 bits per heavy atom. The Morgan fingerprint density at radius 2 is 1.88 bits per heavy atom. The van der Waals surface area contributed by atoms with E-state index in [2.05, 4.69) is 10.3 Å². The largest absolute Gasteiger partial charge is 0.302 e. The molecule has 1 amide bonds. The van der Waals surface area contributed by atoms with Crippen molar-refractivity contribution in [3.63, 3.8) is 0 Å². The number of amides is 1. The summed E-state index contributed by atoms with van der Waals surface area (Å²) < 4.78 is 26.9. The molecule has 1 heterocycles. The van der Waals surface area contributed by atoms with Crippen LogP contribution in [-0.2, 0) is 4.79 Å². The van der Waals surface area contributed by atoms with Crippen molar-refractivity contribution in [2.24, 2.45) is 5.92 Å². The number of hydrogen-bond acceptors (Lipinski definition) is 3. The zero-order valence-corrected chi connectivity index (χ0v) is 14.8. The highest BCUT2D eigenvalue weighted by molar-refractivity contribution is 7.16. The highest BCUT2D eigenvalue weighted by Crippen LogP contribution is 2.49. The van der Waals surface area contributed by atoms with Crippen LogP contribution < -0.4 is 5.32 Å². The minimum absolute atomic E-state index is 0.0752. The highest BCUT2D eigenvalue weighted by Gasteiger charge is 2.45. The van der Waals surface area contributed by atoms with Crippen molar-refractivity contribution in [2.45, 2.75) is 19.3 Å². The second-order valence-electron chi connectivity index (χ2n) is 6.39. The summed E-state index contributed by atoms with van der Waals surface area (Å²) in [5.74, 6) is -1.02. The Hall–Kier alpha value is -2.60. The number of thiazole rings is 1. The summed E-state index contributed by atoms with van der Waals surface area (Å²) in [4.78, 5) is 17.9. The third-order valence-electron chi connectivity index (χ3n) is 4.58. The van der Waals surface area contributed by atoms with E-state index in [-0.39, 0.29) is 29.4 Å². The lowest BCUT2D eigenvalue weighted by atomic mass is 10.1. The van der Waals surface area contributed by atoms with Crippen LogP contribution in [0.5, 0.6) is 0 Å². The predicted molar refractivity (Wildman–Crippen MR) is 98.1 cm³/mol. The smallest absolute Gasteiger partial charge is 0.229 e. The highest BCUT2D eigenvalue weighted by atomic mass is 32.1. The number of rotatable bonds is 4. The van der Waals surface area contributed by atoms with Gasteiger partial charge in [-0.2, -0.15) is 0 Å². The van der Waals surface area contributed by atoms with Gasteiger partial charge in [0.1, 0.15) is 11.6 Å². The zero-order chi connectivity index (χ0) is 18.3. The van der Waals surface area contributed by atoms with Crippen molar-refractivity contribution in [1.82, 2.24) is 4.98 Å². The van der Waals surface area contributed by atoms with Gasteiger partial charge in [0.25, 0.3) is 0 Å². The topological polar surface area (TPSA) is 42.0 Å². The Labute approximate surface area is 153 Å². The number of nitrogens with zero attached hydrogens (tertiary/aromatic N) is 1. The normalized spacial score (nSPS) is 18.6. The third-order valence-corrected chi connectivity index (χ3v) is 5.46. The van der Waals surface area contributed by atoms with Crippen molar-refractivity contribution in [3.05, 3.63) is 70.6 Å². The molecular weight excluding hydrogens is 354 g/mol. The molecule has 0 spiro atoms. The Kier molecular flexibility index (Phi) is 4.28. The first-order valence-corrected chi connectivity index (χ1v) is 9.13. The molecule has 0 radical (unpaired) electrons. The van der Waals surface area contributed by atoms with Gasteiger partial charge in [-0.25, -0.2) is 13.8 Å². The lowest BCUT2D eigenvalue weighted by molar-refractivity contribution is -0.117. The summed E-state index contributed by atoms with van der Waals surface area (Å²) in [5.41, 5.74) is 2.12. The first kappa shape index (κ1) is 16.8. The molecule has 1 saturated carbocycles. The van der Waals surface area contributed by atoms with E-state index in [9.17, 15) is 13.6 Å². The van der Waals surface area contributed by atoms with Crippen LogP contribution in [0.2, 0.25) is 0 Å². The summed E-state index contributed by atoms with van der Waals surface area (Å²) in [6, 6.07) is 12.7. The molecule has 1 aliphatic rings. The van der Waals surface area contributed by atoms with E-state index in [0.717, 1.165) is 16.1 Å². The number of aromatic nitrogens is 1. The summed E-state index contributed by atoms with van der Waals surface area (Å²) in [5, 5.41) is 3.34. The fourth-order valence-corrected chi connectivity index (χ4v) is 3.97. The van der Waals surface area contributed by atoms with Gasteiger partial charge < -0.3 is 5.32 Å². The molecule has 0 bridgehead atoms. The fourth-order valence-electron chi connectivity index (χ4n) is 3.13. The van der Waals surface area contributed by atoms with Crippen LogP contribution in [0.1, 0.15) is 22.8 Å². The molecule has 132 valence electrons. The van der Waals surface area contributed by atoms with E-state index < -0.39 is 0 Å². The first-order valence-electron chi connectivity index (χ1n) is 8.31. The van der Waals surface area contributed by atoms with Crippen LogP contribution in [-0.4, -0.2) is 10.9 Å². The van der Waals surface area contributed by atoms with Crippen LogP contribution in [0.3, 0.4) is 0 Å². The lowest BCUT2D eigenvalue weighted by Gasteiger charge is -2.03. The summed E-state index contributed by atoms with van der Waals surface area (Å²) in [7, 11) is 0. The van der Waals surface area contributed by atoms with Gasteiger partial charge >= 0.3 is 0 Å². The van der Waals surface area contributed by atoms with Gasteiger partial charge in [0.15, 0.2) is 5.13 Å². The fraction of sp³-hybridized carbons (Fsp3) is 0.200. The zero-order valence-electron chi connectivity index (χ0n) is 14.0. The van der Waals surface area contributed by atoms with Crippen molar-refractivity contribution >= 4 is 22.4 Å². The summed E-state index contributed by atoms with van der Waals surface area (Å²) in [6.07, 6.45) is 0.641. The van der Waals surface area contributed by atoms with Gasteiger partial charge in [-0.1, -0.05) is 18.2 Å². The van der Waals surface area contributed by atoms with Gasteiger partial charge in [-0.05, 0) is 55.2 Å². The third kappa shape index (κ3) is 3.24. The molecule has 1 N–H and O–H groups in total. The van der Waals surface area contributed by atoms with Crippen molar-refractivity contribution in [3.8, 4) is 11.3 Å². The van der Waals surface area contributed by atoms with Crippen molar-refractivity contribution in [2.75, 3.05) is 5.32 Å². The van der Waals surface area contributed by atoms with Gasteiger partial charge in [0.05, 0.1) is 5.69 Å². The number of benzene rings is 2. The quantitative estimate of drug-likeness (QED) is 0.691. The Bertz CT molecular complexity index is 968. The molecule has 1 aromatic heterocycles. The minimum Gasteiger partial charge on any atom is -0.302 e. The standard InChI is InChI=1S/C20H16F2N2OS/c1-11-18(12-6-8-13(21)9-7-12)23-20(26-11)24-19(25)16-10-15(16)14-4-2-3-5-17(14)22/h2-9,15-16H,10H2,1H3,(H,23,24,25)/t15-,16+/m0/s1. The maximum absolute atomic E-state index is 13.8. The molecule has 0 aliphatic heterocycles. The van der Waals surface area contributed by atoms with Crippen LogP contribution in [0.15, 0.2) is 48.5 Å².